The zero-order valence-electron chi connectivity index (χ0n) is 13.2. The van der Waals surface area contributed by atoms with E-state index in [1.54, 1.807) is 0 Å². The van der Waals surface area contributed by atoms with Crippen molar-refractivity contribution in [2.24, 2.45) is 0 Å². The van der Waals surface area contributed by atoms with Gasteiger partial charge < -0.3 is 35.7 Å². The second-order valence-electron chi connectivity index (χ2n) is 5.34. The molecule has 2 N–H and O–H groups in total. The molecule has 0 aliphatic heterocycles. The van der Waals surface area contributed by atoms with Gasteiger partial charge in [0.05, 0.1) is 0 Å². The molecule has 0 saturated heterocycles. The van der Waals surface area contributed by atoms with Gasteiger partial charge in [-0.2, -0.15) is 17.5 Å². The number of aliphatic hydroxyl groups excluding tert-OH is 1. The summed E-state index contributed by atoms with van der Waals surface area (Å²) in [6.45, 7) is 6.13. The summed E-state index contributed by atoms with van der Waals surface area (Å²) in [5.74, 6) is 0. The fourth-order valence-corrected chi connectivity index (χ4v) is 3.66. The van der Waals surface area contributed by atoms with E-state index in [1.807, 2.05) is 19.5 Å². The molecule has 6 heteroatoms. The van der Waals surface area contributed by atoms with Gasteiger partial charge in [0.15, 0.2) is 0 Å². The van der Waals surface area contributed by atoms with Crippen LogP contribution in [-0.4, -0.2) is 31.3 Å². The van der Waals surface area contributed by atoms with Crippen LogP contribution in [0.3, 0.4) is 0 Å². The molecule has 0 fully saturated rings. The number of nitrogens with one attached hydrogen (secondary N) is 1. The maximum absolute atomic E-state index is 8.58. The standard InChI is InChI=1S/C9H7.C7H16NOSi.2ClH.Ti/c1-2-5-9-7-3-6-8(9)4-1;1-7(2,8)6-10(3)5-4-9;;;/h1-7H;6,8-9H,4-5H2,1-3H3;2*1H;/q2*-1;;;+4/p-2. The largest absolute Gasteiger partial charge is 4.00 e. The van der Waals surface area contributed by atoms with E-state index in [4.69, 9.17) is 10.8 Å². The summed E-state index contributed by atoms with van der Waals surface area (Å²) < 4.78 is 0. The first-order valence-corrected chi connectivity index (χ1v) is 8.85. The Labute approximate surface area is 162 Å². The van der Waals surface area contributed by atoms with Crippen LogP contribution in [0.2, 0.25) is 12.6 Å². The number of rotatable bonds is 3. The van der Waals surface area contributed by atoms with Gasteiger partial charge in [-0.3, -0.25) is 0 Å². The first kappa shape index (κ1) is 27.0. The van der Waals surface area contributed by atoms with E-state index in [0.717, 1.165) is 6.04 Å². The number of hydrogen-bond acceptors (Lipinski definition) is 1. The maximum atomic E-state index is 8.58. The van der Waals surface area contributed by atoms with Gasteiger partial charge >= 0.3 is 21.7 Å². The van der Waals surface area contributed by atoms with E-state index in [0.29, 0.717) is 0 Å². The summed E-state index contributed by atoms with van der Waals surface area (Å²) in [5.41, 5.74) is 9.16. The molecule has 0 bridgehead atoms. The van der Waals surface area contributed by atoms with E-state index in [-0.39, 0.29) is 53.1 Å². The predicted molar refractivity (Wildman–Crippen MR) is 87.5 cm³/mol. The average molecular weight is 392 g/mol. The van der Waals surface area contributed by atoms with Crippen LogP contribution in [0.15, 0.2) is 42.5 Å². The number of aliphatic hydroxyl groups is 1. The fourth-order valence-electron chi connectivity index (χ4n) is 1.93. The molecule has 0 aromatic heterocycles. The van der Waals surface area contributed by atoms with Crippen LogP contribution in [-0.2, 0) is 21.7 Å². The summed E-state index contributed by atoms with van der Waals surface area (Å²) in [6, 6.07) is 15.5. The zero-order chi connectivity index (χ0) is 14.3. The Morgan fingerprint density at radius 3 is 2.32 bits per heavy atom. The molecule has 0 aliphatic carbocycles. The smallest absolute Gasteiger partial charge is 1.00 e. The second kappa shape index (κ2) is 13.6. The monoisotopic (exact) mass is 391 g/mol. The van der Waals surface area contributed by atoms with Gasteiger partial charge in [0.25, 0.3) is 0 Å². The Bertz CT molecular complexity index is 508. The molecule has 2 aromatic rings. The molecule has 0 atom stereocenters. The molecule has 0 saturated carbocycles. The summed E-state index contributed by atoms with van der Waals surface area (Å²) in [5, 5.41) is 11.2. The van der Waals surface area contributed by atoms with Gasteiger partial charge in [0.2, 0.25) is 0 Å². The normalized spacial score (nSPS) is 10.5. The molecule has 2 nitrogen and oxygen atoms in total. The topological polar surface area (TPSA) is 44.0 Å². The van der Waals surface area contributed by atoms with Crippen molar-refractivity contribution in [2.75, 3.05) is 6.61 Å². The minimum atomic E-state index is -0.560. The van der Waals surface area contributed by atoms with Gasteiger partial charge in [-0.15, -0.1) is 40.9 Å². The van der Waals surface area contributed by atoms with E-state index in [2.05, 4.69) is 49.0 Å². The van der Waals surface area contributed by atoms with Crippen molar-refractivity contribution >= 4 is 24.9 Å². The van der Waals surface area contributed by atoms with Gasteiger partial charge in [-0.05, 0) is 6.04 Å². The molecular weight excluding hydrogens is 369 g/mol. The Morgan fingerprint density at radius 1 is 1.23 bits per heavy atom. The number of hydrogen-bond donors (Lipinski definition) is 1. The summed E-state index contributed by atoms with van der Waals surface area (Å²) >= 11 is 0. The van der Waals surface area contributed by atoms with Crippen LogP contribution in [0.4, 0.5) is 0 Å². The van der Waals surface area contributed by atoms with Gasteiger partial charge in [-0.1, -0.05) is 26.5 Å². The molecule has 0 aliphatic rings. The van der Waals surface area contributed by atoms with Gasteiger partial charge in [0, 0.05) is 15.0 Å². The zero-order valence-corrected chi connectivity index (χ0v) is 17.3. The second-order valence-corrected chi connectivity index (χ2v) is 7.82. The Balaban J connectivity index is -0.000000289. The van der Waals surface area contributed by atoms with Crippen molar-refractivity contribution in [1.29, 1.82) is 0 Å². The number of halogens is 2. The average Bonchev–Trinajstić information content (AvgIpc) is 2.75. The van der Waals surface area contributed by atoms with E-state index in [9.17, 15) is 0 Å². The van der Waals surface area contributed by atoms with Crippen LogP contribution in [0.5, 0.6) is 0 Å². The van der Waals surface area contributed by atoms with Crippen molar-refractivity contribution in [1.82, 2.24) is 0 Å². The quantitative estimate of drug-likeness (QED) is 0.472. The third-order valence-electron chi connectivity index (χ3n) is 2.66. The molecule has 0 heterocycles. The van der Waals surface area contributed by atoms with Crippen molar-refractivity contribution in [3.05, 3.63) is 48.2 Å². The first-order valence-electron chi connectivity index (χ1n) is 6.57. The molecule has 0 amide bonds. The van der Waals surface area contributed by atoms with Crippen molar-refractivity contribution in [3.63, 3.8) is 0 Å². The van der Waals surface area contributed by atoms with E-state index in [1.165, 1.54) is 10.8 Å². The molecule has 120 valence electrons. The third kappa shape index (κ3) is 11.7. The fraction of sp³-hybridized carbons (Fsp3) is 0.375. The molecule has 2 rings (SSSR count). The van der Waals surface area contributed by atoms with Crippen LogP contribution in [0, 0.1) is 0 Å². The van der Waals surface area contributed by atoms with E-state index < -0.39 is 13.9 Å². The molecule has 0 spiro atoms. The van der Waals surface area contributed by atoms with Crippen LogP contribution in [0.1, 0.15) is 13.8 Å². The summed E-state index contributed by atoms with van der Waals surface area (Å²) in [6.07, 6.45) is 0. The third-order valence-corrected chi connectivity index (χ3v) is 4.89. The SMILES string of the molecule is C[Si](=CC(C)(C)[NH-])CCO.[Cl-].[Cl-].[Ti+4].c1ccc2[cH-]ccc2c1. The molecule has 22 heavy (non-hydrogen) atoms. The minimum Gasteiger partial charge on any atom is -1.00 e. The maximum Gasteiger partial charge on any atom is 4.00 e. The molecule has 0 unspecified atom stereocenters. The Kier molecular flexibility index (Phi) is 16.6. The van der Waals surface area contributed by atoms with Crippen LogP contribution >= 0.6 is 0 Å². The molecule has 0 radical (unpaired) electrons. The van der Waals surface area contributed by atoms with Crippen molar-refractivity contribution in [2.45, 2.75) is 32.0 Å². The van der Waals surface area contributed by atoms with E-state index >= 15 is 0 Å². The van der Waals surface area contributed by atoms with Crippen LogP contribution < -0.4 is 24.8 Å². The van der Waals surface area contributed by atoms with Gasteiger partial charge in [0.1, 0.15) is 0 Å². The predicted octanol–water partition coefficient (Wildman–Crippen LogP) is -2.12. The Hall–Kier alpha value is 0.131. The summed E-state index contributed by atoms with van der Waals surface area (Å²) in [4.78, 5) is 0. The van der Waals surface area contributed by atoms with Crippen LogP contribution in [0.25, 0.3) is 16.5 Å². The number of fused-ring (bicyclic) bond motifs is 1. The first-order chi connectivity index (χ1) is 8.92. The van der Waals surface area contributed by atoms with Gasteiger partial charge in [-0.25, -0.2) is 0 Å². The summed E-state index contributed by atoms with van der Waals surface area (Å²) in [7, 11) is -0.560. The number of benzene rings is 1. The van der Waals surface area contributed by atoms with Crippen molar-refractivity contribution in [3.8, 4) is 0 Å². The molecular formula is C16H23Cl2NOSiTi. The minimum absolute atomic E-state index is 0. The van der Waals surface area contributed by atoms with Crippen molar-refractivity contribution < 1.29 is 51.6 Å². The molecule has 2 aromatic carbocycles. The Morgan fingerprint density at radius 2 is 1.82 bits per heavy atom.